The zero-order chi connectivity index (χ0) is 49.7. The molecule has 4 N–H and O–H groups in total. The van der Waals surface area contributed by atoms with E-state index in [0.717, 1.165) is 70.0 Å². The SMILES string of the molecule is FC(F)C(F)(F)Oc1cccc(C2CCc3c(Br)cccc3C2)c1.FC(F)C(F)(F)Oc1cccc(C2CCc3c(Br)cccc3N2)c1.O=C(O)CS.OB(O)c1cccc(OC(F)(F)F)c1. The van der Waals surface area contributed by atoms with Crippen LogP contribution in [0.25, 0.3) is 0 Å². The highest BCUT2D eigenvalue weighted by molar-refractivity contribution is 9.10. The molecule has 2 unspecified atom stereocenters. The number of thiol groups is 1. The summed E-state index contributed by atoms with van der Waals surface area (Å²) >= 11 is 10.5. The van der Waals surface area contributed by atoms with Crippen molar-refractivity contribution in [1.29, 1.82) is 0 Å². The Bertz CT molecular complexity index is 2280. The molecule has 5 aromatic carbocycles. The van der Waals surface area contributed by atoms with E-state index in [1.54, 1.807) is 12.1 Å². The Morgan fingerprint density at radius 1 is 0.687 bits per heavy atom. The first-order valence-corrected chi connectivity index (χ1v) is 21.9. The fraction of sp³-hybridized carbons (Fsp3) is 0.295. The molecule has 0 bridgehead atoms. The number of nitrogens with one attached hydrogen (secondary N) is 1. The molecule has 0 fully saturated rings. The number of rotatable bonds is 11. The van der Waals surface area contributed by atoms with Crippen molar-refractivity contribution in [2.45, 2.75) is 75.5 Å². The number of carbonyl (C=O) groups is 1. The molecule has 1 heterocycles. The normalized spacial score (nSPS) is 15.4. The molecule has 0 saturated carbocycles. The number of ether oxygens (including phenoxy) is 3. The van der Waals surface area contributed by atoms with E-state index in [4.69, 9.17) is 15.2 Å². The first-order valence-electron chi connectivity index (χ1n) is 19.6. The zero-order valence-electron chi connectivity index (χ0n) is 34.4. The van der Waals surface area contributed by atoms with Crippen molar-refractivity contribution >= 4 is 68.7 Å². The third kappa shape index (κ3) is 17.1. The molecule has 2 atom stereocenters. The van der Waals surface area contributed by atoms with Gasteiger partial charge in [0.25, 0.3) is 0 Å². The van der Waals surface area contributed by atoms with Crippen molar-refractivity contribution < 1.29 is 82.5 Å². The molecule has 7 rings (SSSR count). The van der Waals surface area contributed by atoms with E-state index in [0.29, 0.717) is 5.56 Å². The maximum Gasteiger partial charge on any atom is 0.573 e. The van der Waals surface area contributed by atoms with E-state index < -0.39 is 50.3 Å². The number of alkyl halides is 11. The van der Waals surface area contributed by atoms with E-state index >= 15 is 0 Å². The second-order valence-corrected chi connectivity index (χ2v) is 16.5. The van der Waals surface area contributed by atoms with Gasteiger partial charge in [-0.1, -0.05) is 86.5 Å². The van der Waals surface area contributed by atoms with E-state index in [1.807, 2.05) is 36.4 Å². The summed E-state index contributed by atoms with van der Waals surface area (Å²) in [5.74, 6) is -1.82. The molecular formula is C44H39BBr2F11NO7S. The minimum atomic E-state index is -4.78. The fourth-order valence-corrected chi connectivity index (χ4v) is 7.86. The van der Waals surface area contributed by atoms with Crippen LogP contribution in [0.15, 0.2) is 118 Å². The van der Waals surface area contributed by atoms with Gasteiger partial charge in [0.2, 0.25) is 0 Å². The molecule has 0 saturated heterocycles. The van der Waals surface area contributed by atoms with Crippen LogP contribution in [0.3, 0.4) is 0 Å². The average Bonchev–Trinajstić information content (AvgIpc) is 3.26. The van der Waals surface area contributed by atoms with Crippen molar-refractivity contribution in [3.05, 3.63) is 146 Å². The fourth-order valence-electron chi connectivity index (χ4n) is 6.69. The molecular weight excluding hydrogens is 1070 g/mol. The standard InChI is InChI=1S/C18H15BrF4O.C17H14BrF4NO.C7H6BF3O3.C2H4O2S/c19-16-6-2-4-13-9-12(7-8-15(13)16)11-3-1-5-14(10-11)24-18(22,23)17(20)21;18-13-5-2-6-15-12(13)7-8-14(23-15)10-3-1-4-11(9-10)24-17(21,22)16(19)20;9-7(10,11)14-6-3-1-2-5(4-6)8(12)13;3-2(4)1-5/h1-6,10,12,17H,7-9H2;1-6,9,14,16,23H,7-8H2;1-4,12-13H;5H,1H2,(H,3,4). The maximum atomic E-state index is 13.1. The summed E-state index contributed by atoms with van der Waals surface area (Å²) in [6.07, 6.45) is -17.4. The molecule has 67 heavy (non-hydrogen) atoms. The summed E-state index contributed by atoms with van der Waals surface area (Å²) in [5, 5.41) is 28.3. The Labute approximate surface area is 399 Å². The van der Waals surface area contributed by atoms with Gasteiger partial charge in [-0.15, -0.1) is 13.2 Å². The molecule has 8 nitrogen and oxygen atoms in total. The lowest BCUT2D eigenvalue weighted by molar-refractivity contribution is -0.274. The van der Waals surface area contributed by atoms with Crippen LogP contribution in [0, 0.1) is 0 Å². The molecule has 2 aliphatic rings. The number of benzene rings is 5. The van der Waals surface area contributed by atoms with Gasteiger partial charge in [-0.25, -0.2) is 0 Å². The molecule has 1 aliphatic carbocycles. The third-order valence-corrected chi connectivity index (χ3v) is 11.4. The van der Waals surface area contributed by atoms with Crippen molar-refractivity contribution in [1.82, 2.24) is 0 Å². The summed E-state index contributed by atoms with van der Waals surface area (Å²) in [5.41, 5.74) is 6.07. The molecule has 1 aliphatic heterocycles. The highest BCUT2D eigenvalue weighted by atomic mass is 79.9. The molecule has 23 heteroatoms. The van der Waals surface area contributed by atoms with Crippen molar-refractivity contribution in [3.63, 3.8) is 0 Å². The quantitative estimate of drug-likeness (QED) is 0.0504. The Morgan fingerprint density at radius 3 is 1.70 bits per heavy atom. The Morgan fingerprint density at radius 2 is 1.16 bits per heavy atom. The Kier molecular flexibility index (Phi) is 20.1. The Hall–Kier alpha value is -4.71. The van der Waals surface area contributed by atoms with E-state index in [1.165, 1.54) is 53.6 Å². The molecule has 5 aromatic rings. The summed E-state index contributed by atoms with van der Waals surface area (Å²) in [6, 6.07) is 28.2. The molecule has 0 radical (unpaired) electrons. The monoisotopic (exact) mass is 1100 g/mol. The number of hydrogen-bond donors (Lipinski definition) is 5. The number of halogens is 13. The van der Waals surface area contributed by atoms with Crippen molar-refractivity contribution in [2.24, 2.45) is 0 Å². The van der Waals surface area contributed by atoms with Crippen LogP contribution in [0.4, 0.5) is 54.0 Å². The van der Waals surface area contributed by atoms with Gasteiger partial charge in [0.1, 0.15) is 17.2 Å². The van der Waals surface area contributed by atoms with E-state index in [2.05, 4.69) is 70.1 Å². The third-order valence-electron chi connectivity index (χ3n) is 9.69. The van der Waals surface area contributed by atoms with E-state index in [9.17, 15) is 53.1 Å². The van der Waals surface area contributed by atoms with Crippen LogP contribution >= 0.6 is 44.5 Å². The lowest BCUT2D eigenvalue weighted by atomic mass is 9.80. The smallest absolute Gasteiger partial charge is 0.481 e. The van der Waals surface area contributed by atoms with Gasteiger partial charge in [-0.05, 0) is 126 Å². The first-order chi connectivity index (χ1) is 31.4. The number of carboxylic acids is 1. The predicted octanol–water partition coefficient (Wildman–Crippen LogP) is 12.0. The van der Waals surface area contributed by atoms with Crippen LogP contribution in [-0.2, 0) is 24.1 Å². The predicted molar refractivity (Wildman–Crippen MR) is 238 cm³/mol. The maximum absolute atomic E-state index is 13.1. The van der Waals surface area contributed by atoms with Gasteiger partial charge in [-0.3, -0.25) is 4.79 Å². The number of anilines is 1. The topological polar surface area (TPSA) is 117 Å². The second-order valence-electron chi connectivity index (χ2n) is 14.4. The molecule has 0 spiro atoms. The largest absolute Gasteiger partial charge is 0.573 e. The van der Waals surface area contributed by atoms with Gasteiger partial charge < -0.3 is 34.7 Å². The summed E-state index contributed by atoms with van der Waals surface area (Å²) in [6.45, 7) is 0. The van der Waals surface area contributed by atoms with Crippen molar-refractivity contribution in [3.8, 4) is 17.2 Å². The lowest BCUT2D eigenvalue weighted by Gasteiger charge is -2.28. The zero-order valence-corrected chi connectivity index (χ0v) is 38.4. The van der Waals surface area contributed by atoms with Gasteiger partial charge in [0, 0.05) is 14.6 Å². The van der Waals surface area contributed by atoms with Crippen LogP contribution in [0.2, 0.25) is 0 Å². The second kappa shape index (κ2) is 24.5. The number of hydrogen-bond acceptors (Lipinski definition) is 8. The van der Waals surface area contributed by atoms with Crippen LogP contribution in [0.5, 0.6) is 17.2 Å². The average molecular weight is 1110 g/mol. The van der Waals surface area contributed by atoms with Crippen LogP contribution in [-0.4, -0.2) is 65.4 Å². The minimum absolute atomic E-state index is 0.0632. The van der Waals surface area contributed by atoms with Gasteiger partial charge in [-0.2, -0.15) is 47.8 Å². The van der Waals surface area contributed by atoms with Crippen LogP contribution < -0.4 is 25.0 Å². The molecule has 362 valence electrons. The summed E-state index contributed by atoms with van der Waals surface area (Å²) in [7, 11) is -1.81. The highest BCUT2D eigenvalue weighted by Gasteiger charge is 2.45. The lowest BCUT2D eigenvalue weighted by Crippen LogP contribution is -2.33. The first kappa shape index (κ1) is 54.9. The Balaban J connectivity index is 0.000000215. The van der Waals surface area contributed by atoms with Crippen molar-refractivity contribution in [2.75, 3.05) is 11.1 Å². The van der Waals surface area contributed by atoms with Crippen LogP contribution in [0.1, 0.15) is 52.6 Å². The number of carboxylic acid groups (broad SMARTS) is 1. The number of fused-ring (bicyclic) bond motifs is 2. The van der Waals surface area contributed by atoms with Gasteiger partial charge in [0.05, 0.1) is 11.8 Å². The summed E-state index contributed by atoms with van der Waals surface area (Å²) in [4.78, 5) is 9.29. The molecule has 0 aromatic heterocycles. The summed E-state index contributed by atoms with van der Waals surface area (Å²) < 4.78 is 151. The number of aliphatic carboxylic acids is 1. The minimum Gasteiger partial charge on any atom is -0.481 e. The molecule has 0 amide bonds. The highest BCUT2D eigenvalue weighted by Crippen LogP contribution is 2.39. The van der Waals surface area contributed by atoms with E-state index in [-0.39, 0.29) is 34.7 Å². The van der Waals surface area contributed by atoms with Gasteiger partial charge >= 0.3 is 44.5 Å². The van der Waals surface area contributed by atoms with Gasteiger partial charge in [0.15, 0.2) is 0 Å².